The van der Waals surface area contributed by atoms with Crippen molar-refractivity contribution < 1.29 is 4.42 Å². The lowest BCUT2D eigenvalue weighted by Crippen LogP contribution is -2.11. The Morgan fingerprint density at radius 3 is 1.61 bits per heavy atom. The number of hydrogen-bond acceptors (Lipinski definition) is 2. The molecule has 2 heterocycles. The van der Waals surface area contributed by atoms with E-state index in [0.717, 1.165) is 50.3 Å². The van der Waals surface area contributed by atoms with Crippen LogP contribution in [0.3, 0.4) is 0 Å². The van der Waals surface area contributed by atoms with E-state index in [1.807, 2.05) is 12.1 Å². The maximum Gasteiger partial charge on any atom is 0.135 e. The summed E-state index contributed by atoms with van der Waals surface area (Å²) in [6, 6.07) is 78.9. The lowest BCUT2D eigenvalue weighted by atomic mass is 9.93. The Morgan fingerprint density at radius 1 is 0.339 bits per heavy atom. The summed E-state index contributed by atoms with van der Waals surface area (Å²) < 4.78 is 8.62. The summed E-state index contributed by atoms with van der Waals surface area (Å²) in [7, 11) is 0. The smallest absolute Gasteiger partial charge is 0.135 e. The van der Waals surface area contributed by atoms with Gasteiger partial charge in [0.2, 0.25) is 0 Å². The van der Waals surface area contributed by atoms with E-state index in [1.54, 1.807) is 0 Å². The maximum absolute atomic E-state index is 6.22. The number of fused-ring (bicyclic) bond motifs is 8. The Kier molecular flexibility index (Phi) is 7.54. The molecule has 0 aliphatic rings. The molecule has 10 aromatic carbocycles. The molecule has 0 unspecified atom stereocenters. The highest BCUT2D eigenvalue weighted by atomic mass is 16.3. The predicted octanol–water partition coefficient (Wildman–Crippen LogP) is 15.8. The average molecular weight is 753 g/mol. The van der Waals surface area contributed by atoms with Gasteiger partial charge < -0.3 is 13.9 Å². The standard InChI is InChI=1S/C56H36N2O/c1-3-19-45-37(13-1)15-11-24-51(45)57(52-25-12-16-38-14-2-4-20-46(38)52)41-30-27-39(28-31-41)43-17-5-6-18-44(43)40-29-33-48-47-21-7-9-23-53(47)58(54(48)35-40)42-32-34-56-50(36-42)49-22-8-10-26-55(49)59-56/h1-36H. The number of benzene rings is 10. The van der Waals surface area contributed by atoms with Gasteiger partial charge in [0.25, 0.3) is 0 Å². The van der Waals surface area contributed by atoms with Crippen molar-refractivity contribution in [2.45, 2.75) is 0 Å². The third kappa shape index (κ3) is 5.36. The average Bonchev–Trinajstić information content (AvgIpc) is 3.84. The van der Waals surface area contributed by atoms with Crippen LogP contribution in [-0.2, 0) is 0 Å². The highest BCUT2D eigenvalue weighted by Gasteiger charge is 2.20. The first-order valence-corrected chi connectivity index (χ1v) is 20.2. The highest BCUT2D eigenvalue weighted by molar-refractivity contribution is 6.12. The molecule has 59 heavy (non-hydrogen) atoms. The summed E-state index contributed by atoms with van der Waals surface area (Å²) >= 11 is 0. The molecular weight excluding hydrogens is 717 g/mol. The Hall–Kier alpha value is -7.88. The fourth-order valence-corrected chi connectivity index (χ4v) is 9.26. The zero-order valence-corrected chi connectivity index (χ0v) is 32.1. The molecule has 3 nitrogen and oxygen atoms in total. The number of hydrogen-bond donors (Lipinski definition) is 0. The highest BCUT2D eigenvalue weighted by Crippen LogP contribution is 2.44. The van der Waals surface area contributed by atoms with Gasteiger partial charge in [-0.2, -0.15) is 0 Å². The minimum atomic E-state index is 0.897. The Morgan fingerprint density at radius 2 is 0.881 bits per heavy atom. The van der Waals surface area contributed by atoms with Crippen LogP contribution in [0.25, 0.3) is 93.2 Å². The van der Waals surface area contributed by atoms with Gasteiger partial charge in [0, 0.05) is 43.7 Å². The fourth-order valence-electron chi connectivity index (χ4n) is 9.26. The van der Waals surface area contributed by atoms with E-state index < -0.39 is 0 Å². The van der Waals surface area contributed by atoms with Gasteiger partial charge in [-0.3, -0.25) is 0 Å². The third-order valence-electron chi connectivity index (χ3n) is 12.0. The predicted molar refractivity (Wildman–Crippen MR) is 249 cm³/mol. The van der Waals surface area contributed by atoms with E-state index in [2.05, 4.69) is 216 Å². The molecule has 0 saturated carbocycles. The first kappa shape index (κ1) is 33.3. The minimum absolute atomic E-state index is 0.897. The summed E-state index contributed by atoms with van der Waals surface area (Å²) in [5, 5.41) is 9.56. The van der Waals surface area contributed by atoms with Gasteiger partial charge >= 0.3 is 0 Å². The zero-order chi connectivity index (χ0) is 38.9. The van der Waals surface area contributed by atoms with Crippen molar-refractivity contribution in [1.29, 1.82) is 0 Å². The van der Waals surface area contributed by atoms with Crippen molar-refractivity contribution in [3.8, 4) is 27.9 Å². The molecular formula is C56H36N2O. The van der Waals surface area contributed by atoms with Crippen molar-refractivity contribution in [2.75, 3.05) is 4.90 Å². The van der Waals surface area contributed by atoms with Gasteiger partial charge in [-0.1, -0.05) is 158 Å². The molecule has 276 valence electrons. The molecule has 2 aromatic heterocycles. The van der Waals surface area contributed by atoms with E-state index >= 15 is 0 Å². The first-order chi connectivity index (χ1) is 29.3. The van der Waals surface area contributed by atoms with Crippen molar-refractivity contribution in [3.05, 3.63) is 218 Å². The van der Waals surface area contributed by atoms with Crippen LogP contribution in [0.4, 0.5) is 17.1 Å². The lowest BCUT2D eigenvalue weighted by Gasteiger charge is -2.28. The van der Waals surface area contributed by atoms with Crippen LogP contribution in [0.2, 0.25) is 0 Å². The minimum Gasteiger partial charge on any atom is -0.456 e. The Bertz CT molecular complexity index is 3480. The summed E-state index contributed by atoms with van der Waals surface area (Å²) in [6.45, 7) is 0. The molecule has 12 aromatic rings. The van der Waals surface area contributed by atoms with Gasteiger partial charge in [-0.15, -0.1) is 0 Å². The maximum atomic E-state index is 6.22. The number of anilines is 3. The van der Waals surface area contributed by atoms with Gasteiger partial charge in [-0.25, -0.2) is 0 Å². The Balaban J connectivity index is 0.995. The fraction of sp³-hybridized carbons (Fsp3) is 0. The molecule has 0 radical (unpaired) electrons. The van der Waals surface area contributed by atoms with E-state index in [9.17, 15) is 0 Å². The van der Waals surface area contributed by atoms with Crippen LogP contribution in [0, 0.1) is 0 Å². The molecule has 0 N–H and O–H groups in total. The topological polar surface area (TPSA) is 21.3 Å². The van der Waals surface area contributed by atoms with Crippen molar-refractivity contribution in [1.82, 2.24) is 4.57 Å². The van der Waals surface area contributed by atoms with E-state index in [0.29, 0.717) is 0 Å². The number of rotatable bonds is 6. The summed E-state index contributed by atoms with van der Waals surface area (Å²) in [4.78, 5) is 2.41. The van der Waals surface area contributed by atoms with Gasteiger partial charge in [0.1, 0.15) is 11.2 Å². The Labute approximate surface area is 341 Å². The van der Waals surface area contributed by atoms with Crippen LogP contribution in [0.5, 0.6) is 0 Å². The summed E-state index contributed by atoms with van der Waals surface area (Å²) in [5.74, 6) is 0. The van der Waals surface area contributed by atoms with Gasteiger partial charge in [0.15, 0.2) is 0 Å². The van der Waals surface area contributed by atoms with E-state index in [4.69, 9.17) is 4.42 Å². The number of nitrogens with zero attached hydrogens (tertiary/aromatic N) is 2. The number of para-hydroxylation sites is 2. The molecule has 0 aliphatic heterocycles. The lowest BCUT2D eigenvalue weighted by molar-refractivity contribution is 0.669. The second kappa shape index (κ2) is 13.4. The number of furan rings is 1. The largest absolute Gasteiger partial charge is 0.456 e. The normalized spacial score (nSPS) is 11.7. The van der Waals surface area contributed by atoms with Crippen LogP contribution in [0.1, 0.15) is 0 Å². The monoisotopic (exact) mass is 752 g/mol. The first-order valence-electron chi connectivity index (χ1n) is 20.2. The van der Waals surface area contributed by atoms with Crippen molar-refractivity contribution in [3.63, 3.8) is 0 Å². The van der Waals surface area contributed by atoms with E-state index in [-0.39, 0.29) is 0 Å². The number of aromatic nitrogens is 1. The van der Waals surface area contributed by atoms with Crippen molar-refractivity contribution >= 4 is 82.4 Å². The van der Waals surface area contributed by atoms with Crippen LogP contribution >= 0.6 is 0 Å². The molecule has 0 amide bonds. The molecule has 0 atom stereocenters. The summed E-state index contributed by atoms with van der Waals surface area (Å²) in [5.41, 5.74) is 13.4. The third-order valence-corrected chi connectivity index (χ3v) is 12.0. The zero-order valence-electron chi connectivity index (χ0n) is 32.1. The van der Waals surface area contributed by atoms with Gasteiger partial charge in [0.05, 0.1) is 22.4 Å². The summed E-state index contributed by atoms with van der Waals surface area (Å²) in [6.07, 6.45) is 0. The molecule has 0 aliphatic carbocycles. The second-order valence-electron chi connectivity index (χ2n) is 15.3. The quantitative estimate of drug-likeness (QED) is 0.169. The van der Waals surface area contributed by atoms with Crippen LogP contribution in [0.15, 0.2) is 223 Å². The van der Waals surface area contributed by atoms with Gasteiger partial charge in [-0.05, 0) is 93.7 Å². The molecule has 0 fully saturated rings. The van der Waals surface area contributed by atoms with Crippen molar-refractivity contribution in [2.24, 2.45) is 0 Å². The molecule has 3 heteroatoms. The molecule has 0 spiro atoms. The van der Waals surface area contributed by atoms with Crippen LogP contribution < -0.4 is 4.90 Å². The second-order valence-corrected chi connectivity index (χ2v) is 15.3. The molecule has 0 saturated heterocycles. The molecule has 12 rings (SSSR count). The van der Waals surface area contributed by atoms with Crippen LogP contribution in [-0.4, -0.2) is 4.57 Å². The molecule has 0 bridgehead atoms. The van der Waals surface area contributed by atoms with E-state index in [1.165, 1.54) is 60.0 Å². The SMILES string of the molecule is c1ccc(-c2ccc3c4ccccc4n(-c4ccc5oc6ccccc6c5c4)c3c2)c(-c2ccc(N(c3cccc4ccccc34)c3cccc4ccccc34)cc2)c1.